The highest BCUT2D eigenvalue weighted by molar-refractivity contribution is 7.88. The number of nitrogens with one attached hydrogen (secondary N) is 1. The van der Waals surface area contributed by atoms with Crippen LogP contribution in [0.1, 0.15) is 16.8 Å². The second-order valence-electron chi connectivity index (χ2n) is 8.53. The quantitative estimate of drug-likeness (QED) is 0.461. The Morgan fingerprint density at radius 3 is 2.56 bits per heavy atom. The Bertz CT molecular complexity index is 1340. The average Bonchev–Trinajstić information content (AvgIpc) is 3.30. The molecule has 2 aromatic carbocycles. The summed E-state index contributed by atoms with van der Waals surface area (Å²) in [7, 11) is -3.47. The van der Waals surface area contributed by atoms with Gasteiger partial charge < -0.3 is 9.88 Å². The first-order chi connectivity index (χ1) is 16.5. The summed E-state index contributed by atoms with van der Waals surface area (Å²) >= 11 is 0. The van der Waals surface area contributed by atoms with Crippen molar-refractivity contribution in [2.75, 3.05) is 17.7 Å². The summed E-state index contributed by atoms with van der Waals surface area (Å²) in [5.41, 5.74) is 4.85. The van der Waals surface area contributed by atoms with Gasteiger partial charge in [-0.15, -0.1) is 0 Å². The van der Waals surface area contributed by atoms with E-state index in [9.17, 15) is 8.42 Å². The minimum atomic E-state index is -3.47. The normalized spacial score (nSPS) is 16.7. The molecule has 0 saturated carbocycles. The third-order valence-corrected chi connectivity index (χ3v) is 7.34. The molecule has 9 heteroatoms. The summed E-state index contributed by atoms with van der Waals surface area (Å²) in [6.45, 7) is 1.43. The first-order valence-electron chi connectivity index (χ1n) is 11.1. The van der Waals surface area contributed by atoms with Gasteiger partial charge in [0.15, 0.2) is 5.82 Å². The number of hydrogen-bond donors (Lipinski definition) is 1. The van der Waals surface area contributed by atoms with E-state index in [-0.39, 0.29) is 12.6 Å². The van der Waals surface area contributed by atoms with Gasteiger partial charge in [-0.25, -0.2) is 23.4 Å². The molecule has 0 bridgehead atoms. The number of aromatic amines is 1. The standard InChI is InChI=1S/C25H26N6O2S/c1-34(32,33)31-15-21-13-20(25-27-10-5-11-28-25)8-9-24(21)30(16-22-14-26-18-29-22)17-23(31)12-19-6-3-2-4-7-19/h2-11,13-14,18,23H,12,15-17H2,1H3,(H,26,29). The van der Waals surface area contributed by atoms with Crippen LogP contribution >= 0.6 is 0 Å². The Kier molecular flexibility index (Phi) is 6.12. The summed E-state index contributed by atoms with van der Waals surface area (Å²) in [4.78, 5) is 18.3. The Labute approximate surface area is 199 Å². The fourth-order valence-electron chi connectivity index (χ4n) is 4.52. The van der Waals surface area contributed by atoms with E-state index in [1.165, 1.54) is 6.26 Å². The van der Waals surface area contributed by atoms with Crippen LogP contribution in [0, 0.1) is 0 Å². The van der Waals surface area contributed by atoms with E-state index in [0.717, 1.165) is 28.1 Å². The molecule has 1 N–H and O–H groups in total. The molecule has 0 fully saturated rings. The maximum absolute atomic E-state index is 13.0. The number of benzene rings is 2. The highest BCUT2D eigenvalue weighted by atomic mass is 32.2. The highest BCUT2D eigenvalue weighted by Gasteiger charge is 2.33. The van der Waals surface area contributed by atoms with Gasteiger partial charge in [0.05, 0.1) is 24.8 Å². The van der Waals surface area contributed by atoms with Crippen LogP contribution in [-0.4, -0.2) is 51.5 Å². The monoisotopic (exact) mass is 474 g/mol. The lowest BCUT2D eigenvalue weighted by molar-refractivity contribution is 0.320. The van der Waals surface area contributed by atoms with Gasteiger partial charge in [-0.2, -0.15) is 4.31 Å². The Hall–Kier alpha value is -3.56. The molecule has 2 aromatic heterocycles. The highest BCUT2D eigenvalue weighted by Crippen LogP contribution is 2.33. The Morgan fingerprint density at radius 2 is 1.85 bits per heavy atom. The van der Waals surface area contributed by atoms with Gasteiger partial charge >= 0.3 is 0 Å². The van der Waals surface area contributed by atoms with Gasteiger partial charge in [0.25, 0.3) is 0 Å². The van der Waals surface area contributed by atoms with E-state index in [4.69, 9.17) is 0 Å². The Morgan fingerprint density at radius 1 is 1.06 bits per heavy atom. The first-order valence-corrected chi connectivity index (χ1v) is 13.0. The molecule has 1 unspecified atom stereocenters. The third-order valence-electron chi connectivity index (χ3n) is 6.06. The molecular formula is C25H26N6O2S. The summed E-state index contributed by atoms with van der Waals surface area (Å²) in [5, 5.41) is 0. The molecule has 0 radical (unpaired) electrons. The van der Waals surface area contributed by atoms with Crippen LogP contribution in [-0.2, 0) is 29.5 Å². The molecular weight excluding hydrogens is 448 g/mol. The van der Waals surface area contributed by atoms with Gasteiger partial charge in [-0.1, -0.05) is 30.3 Å². The number of imidazole rings is 1. The van der Waals surface area contributed by atoms with E-state index in [1.54, 1.807) is 35.3 Å². The molecule has 0 saturated heterocycles. The number of nitrogens with zero attached hydrogens (tertiary/aromatic N) is 5. The number of anilines is 1. The summed E-state index contributed by atoms with van der Waals surface area (Å²) in [6, 6.07) is 17.6. The van der Waals surface area contributed by atoms with Crippen molar-refractivity contribution in [2.24, 2.45) is 0 Å². The summed E-state index contributed by atoms with van der Waals surface area (Å²) < 4.78 is 27.6. The molecule has 0 amide bonds. The molecule has 174 valence electrons. The van der Waals surface area contributed by atoms with Crippen molar-refractivity contribution >= 4 is 15.7 Å². The van der Waals surface area contributed by atoms with Crippen molar-refractivity contribution in [3.63, 3.8) is 0 Å². The molecule has 0 spiro atoms. The topological polar surface area (TPSA) is 95.1 Å². The number of rotatable bonds is 6. The lowest BCUT2D eigenvalue weighted by Crippen LogP contribution is -2.45. The summed E-state index contributed by atoms with van der Waals surface area (Å²) in [5.74, 6) is 0.612. The van der Waals surface area contributed by atoms with Crippen LogP contribution in [0.4, 0.5) is 5.69 Å². The molecule has 5 rings (SSSR count). The molecule has 0 aliphatic carbocycles. The lowest BCUT2D eigenvalue weighted by Gasteiger charge is -2.31. The predicted octanol–water partition coefficient (Wildman–Crippen LogP) is 3.26. The van der Waals surface area contributed by atoms with E-state index in [1.807, 2.05) is 48.5 Å². The van der Waals surface area contributed by atoms with Crippen LogP contribution in [0.2, 0.25) is 0 Å². The Balaban J connectivity index is 1.58. The first kappa shape index (κ1) is 22.2. The number of hydrogen-bond acceptors (Lipinski definition) is 6. The summed E-state index contributed by atoms with van der Waals surface area (Å²) in [6.07, 6.45) is 8.79. The molecule has 3 heterocycles. The largest absolute Gasteiger partial charge is 0.364 e. The second-order valence-corrected chi connectivity index (χ2v) is 10.5. The third kappa shape index (κ3) is 4.85. The van der Waals surface area contributed by atoms with Gasteiger partial charge in [0.2, 0.25) is 10.0 Å². The molecule has 1 atom stereocenters. The average molecular weight is 475 g/mol. The minimum Gasteiger partial charge on any atom is -0.364 e. The minimum absolute atomic E-state index is 0.232. The smallest absolute Gasteiger partial charge is 0.211 e. The maximum atomic E-state index is 13.0. The molecule has 8 nitrogen and oxygen atoms in total. The predicted molar refractivity (Wildman–Crippen MR) is 131 cm³/mol. The van der Waals surface area contributed by atoms with Gasteiger partial charge in [0, 0.05) is 49.0 Å². The van der Waals surface area contributed by atoms with Crippen molar-refractivity contribution in [2.45, 2.75) is 25.6 Å². The van der Waals surface area contributed by atoms with Gasteiger partial charge in [-0.3, -0.25) is 0 Å². The van der Waals surface area contributed by atoms with Crippen LogP contribution in [0.3, 0.4) is 0 Å². The van der Waals surface area contributed by atoms with E-state index in [2.05, 4.69) is 24.8 Å². The van der Waals surface area contributed by atoms with Crippen LogP contribution in [0.15, 0.2) is 79.5 Å². The molecule has 34 heavy (non-hydrogen) atoms. The molecule has 1 aliphatic heterocycles. The maximum Gasteiger partial charge on any atom is 0.211 e. The fourth-order valence-corrected chi connectivity index (χ4v) is 5.57. The van der Waals surface area contributed by atoms with E-state index >= 15 is 0 Å². The van der Waals surface area contributed by atoms with Gasteiger partial charge in [0.1, 0.15) is 0 Å². The number of sulfonamides is 1. The van der Waals surface area contributed by atoms with Crippen molar-refractivity contribution in [1.82, 2.24) is 24.2 Å². The number of aromatic nitrogens is 4. The van der Waals surface area contributed by atoms with E-state index < -0.39 is 10.0 Å². The van der Waals surface area contributed by atoms with Crippen molar-refractivity contribution in [3.8, 4) is 11.4 Å². The zero-order valence-corrected chi connectivity index (χ0v) is 19.7. The zero-order chi connectivity index (χ0) is 23.5. The van der Waals surface area contributed by atoms with Crippen molar-refractivity contribution < 1.29 is 8.42 Å². The number of H-pyrrole nitrogens is 1. The molecule has 1 aliphatic rings. The van der Waals surface area contributed by atoms with Crippen molar-refractivity contribution in [3.05, 3.63) is 96.3 Å². The van der Waals surface area contributed by atoms with Crippen molar-refractivity contribution in [1.29, 1.82) is 0 Å². The second kappa shape index (κ2) is 9.36. The van der Waals surface area contributed by atoms with Crippen LogP contribution in [0.5, 0.6) is 0 Å². The fraction of sp³-hybridized carbons (Fsp3) is 0.240. The van der Waals surface area contributed by atoms with E-state index in [0.29, 0.717) is 25.3 Å². The number of fused-ring (bicyclic) bond motifs is 1. The lowest BCUT2D eigenvalue weighted by atomic mass is 10.1. The van der Waals surface area contributed by atoms with Crippen LogP contribution < -0.4 is 4.90 Å². The SMILES string of the molecule is CS(=O)(=O)N1Cc2cc(-c3ncccn3)ccc2N(Cc2cnc[nH]2)CC1Cc1ccccc1. The van der Waals surface area contributed by atoms with Gasteiger partial charge in [-0.05, 0) is 41.8 Å². The zero-order valence-electron chi connectivity index (χ0n) is 18.9. The molecule has 4 aromatic rings. The van der Waals surface area contributed by atoms with Crippen LogP contribution in [0.25, 0.3) is 11.4 Å².